The van der Waals surface area contributed by atoms with Crippen molar-refractivity contribution in [3.05, 3.63) is 54.4 Å². The van der Waals surface area contributed by atoms with Gasteiger partial charge in [0.25, 0.3) is 11.7 Å². The van der Waals surface area contributed by atoms with Crippen LogP contribution in [0.5, 0.6) is 0 Å². The van der Waals surface area contributed by atoms with Gasteiger partial charge in [0.15, 0.2) is 0 Å². The van der Waals surface area contributed by atoms with E-state index in [9.17, 15) is 4.79 Å². The molecule has 3 aromatic rings. The van der Waals surface area contributed by atoms with Gasteiger partial charge in [-0.3, -0.25) is 9.78 Å². The molecule has 1 unspecified atom stereocenters. The van der Waals surface area contributed by atoms with Crippen LogP contribution >= 0.6 is 0 Å². The Morgan fingerprint density at radius 3 is 2.96 bits per heavy atom. The van der Waals surface area contributed by atoms with Crippen LogP contribution in [-0.2, 0) is 11.3 Å². The Morgan fingerprint density at radius 1 is 1.32 bits per heavy atom. The van der Waals surface area contributed by atoms with Gasteiger partial charge in [-0.15, -0.1) is 5.10 Å². The van der Waals surface area contributed by atoms with Crippen LogP contribution in [0.15, 0.2) is 43.0 Å². The molecule has 0 radical (unpaired) electrons. The number of pyridine rings is 1. The minimum Gasteiger partial charge on any atom is -0.376 e. The summed E-state index contributed by atoms with van der Waals surface area (Å²) >= 11 is 0. The lowest BCUT2D eigenvalue weighted by Crippen LogP contribution is -2.37. The highest BCUT2D eigenvalue weighted by molar-refractivity contribution is 5.90. The molecule has 128 valence electrons. The van der Waals surface area contributed by atoms with E-state index in [0.717, 1.165) is 25.0 Å². The smallest absolute Gasteiger partial charge is 0.293 e. The third-order valence-electron chi connectivity index (χ3n) is 4.17. The van der Waals surface area contributed by atoms with Crippen molar-refractivity contribution in [2.45, 2.75) is 25.5 Å². The standard InChI is InChI=1S/C17H18N6O2/c24-16(15-20-17-19-6-2-9-23(17)21-15)22(12-14-3-1-10-25-14)11-13-4-7-18-8-5-13/h2,4-9,14H,1,3,10-12H2. The molecule has 0 aromatic carbocycles. The molecule has 0 aliphatic carbocycles. The Balaban J connectivity index is 1.59. The number of aromatic nitrogens is 5. The Hall–Kier alpha value is -2.87. The Morgan fingerprint density at radius 2 is 2.20 bits per heavy atom. The average molecular weight is 338 g/mol. The zero-order valence-electron chi connectivity index (χ0n) is 13.7. The number of hydrogen-bond acceptors (Lipinski definition) is 6. The highest BCUT2D eigenvalue weighted by Crippen LogP contribution is 2.16. The summed E-state index contributed by atoms with van der Waals surface area (Å²) in [7, 11) is 0. The van der Waals surface area contributed by atoms with Gasteiger partial charge in [-0.2, -0.15) is 4.98 Å². The molecule has 0 saturated carbocycles. The molecule has 1 fully saturated rings. The van der Waals surface area contributed by atoms with E-state index in [1.54, 1.807) is 35.8 Å². The van der Waals surface area contributed by atoms with Crippen molar-refractivity contribution >= 4 is 11.7 Å². The molecule has 0 spiro atoms. The summed E-state index contributed by atoms with van der Waals surface area (Å²) in [5.74, 6) is 0.329. The quantitative estimate of drug-likeness (QED) is 0.698. The zero-order valence-corrected chi connectivity index (χ0v) is 13.7. The maximum Gasteiger partial charge on any atom is 0.293 e. The molecule has 4 rings (SSSR count). The lowest BCUT2D eigenvalue weighted by molar-refractivity contribution is 0.0498. The second-order valence-electron chi connectivity index (χ2n) is 5.98. The summed E-state index contributed by atoms with van der Waals surface area (Å²) in [6.45, 7) is 1.73. The van der Waals surface area contributed by atoms with Crippen LogP contribution < -0.4 is 0 Å². The van der Waals surface area contributed by atoms with Gasteiger partial charge in [-0.1, -0.05) is 0 Å². The molecular formula is C17H18N6O2. The highest BCUT2D eigenvalue weighted by Gasteiger charge is 2.26. The number of rotatable bonds is 5. The van der Waals surface area contributed by atoms with Crippen LogP contribution in [0.3, 0.4) is 0 Å². The molecule has 1 amide bonds. The lowest BCUT2D eigenvalue weighted by Gasteiger charge is -2.24. The predicted octanol–water partition coefficient (Wildman–Crippen LogP) is 1.34. The summed E-state index contributed by atoms with van der Waals surface area (Å²) in [4.78, 5) is 27.1. The number of amides is 1. The van der Waals surface area contributed by atoms with E-state index in [1.165, 1.54) is 4.52 Å². The maximum absolute atomic E-state index is 13.0. The number of ether oxygens (including phenoxy) is 1. The molecule has 1 aliphatic rings. The van der Waals surface area contributed by atoms with Crippen molar-refractivity contribution in [1.82, 2.24) is 29.5 Å². The summed E-state index contributed by atoms with van der Waals surface area (Å²) in [6, 6.07) is 5.54. The van der Waals surface area contributed by atoms with E-state index >= 15 is 0 Å². The van der Waals surface area contributed by atoms with Crippen LogP contribution in [0, 0.1) is 0 Å². The van der Waals surface area contributed by atoms with E-state index in [2.05, 4.69) is 20.1 Å². The average Bonchev–Trinajstić information content (AvgIpc) is 3.30. The molecule has 1 saturated heterocycles. The predicted molar refractivity (Wildman–Crippen MR) is 88.7 cm³/mol. The van der Waals surface area contributed by atoms with Crippen molar-refractivity contribution in [2.75, 3.05) is 13.2 Å². The van der Waals surface area contributed by atoms with Gasteiger partial charge in [0, 0.05) is 44.5 Å². The number of carbonyl (C=O) groups excluding carboxylic acids is 1. The van der Waals surface area contributed by atoms with Crippen molar-refractivity contribution in [2.24, 2.45) is 0 Å². The van der Waals surface area contributed by atoms with E-state index in [1.807, 2.05) is 12.1 Å². The zero-order chi connectivity index (χ0) is 17.1. The topological polar surface area (TPSA) is 85.5 Å². The minimum atomic E-state index is -0.224. The molecule has 1 atom stereocenters. The van der Waals surface area contributed by atoms with Gasteiger partial charge in [0.2, 0.25) is 5.82 Å². The molecule has 8 nitrogen and oxygen atoms in total. The third kappa shape index (κ3) is 3.48. The first kappa shape index (κ1) is 15.6. The molecule has 0 bridgehead atoms. The van der Waals surface area contributed by atoms with Gasteiger partial charge in [-0.25, -0.2) is 9.50 Å². The Bertz CT molecular complexity index is 827. The Labute approximate surface area is 144 Å². The van der Waals surface area contributed by atoms with Crippen LogP contribution in [0.4, 0.5) is 0 Å². The van der Waals surface area contributed by atoms with E-state index in [4.69, 9.17) is 4.74 Å². The van der Waals surface area contributed by atoms with Gasteiger partial charge in [0.05, 0.1) is 6.10 Å². The summed E-state index contributed by atoms with van der Waals surface area (Å²) in [5, 5.41) is 4.25. The molecule has 3 aromatic heterocycles. The molecule has 8 heteroatoms. The third-order valence-corrected chi connectivity index (χ3v) is 4.17. The SMILES string of the molecule is O=C(c1nc2ncccn2n1)N(Cc1ccncc1)CC1CCCO1. The van der Waals surface area contributed by atoms with E-state index < -0.39 is 0 Å². The van der Waals surface area contributed by atoms with Crippen molar-refractivity contribution in [3.63, 3.8) is 0 Å². The van der Waals surface area contributed by atoms with Gasteiger partial charge < -0.3 is 9.64 Å². The fourth-order valence-corrected chi connectivity index (χ4v) is 2.93. The highest BCUT2D eigenvalue weighted by atomic mass is 16.5. The monoisotopic (exact) mass is 338 g/mol. The van der Waals surface area contributed by atoms with E-state index in [-0.39, 0.29) is 17.8 Å². The lowest BCUT2D eigenvalue weighted by atomic mass is 10.2. The summed E-state index contributed by atoms with van der Waals surface area (Å²) < 4.78 is 7.21. The first-order valence-electron chi connectivity index (χ1n) is 8.27. The summed E-state index contributed by atoms with van der Waals surface area (Å²) in [6.07, 6.45) is 8.83. The van der Waals surface area contributed by atoms with Crippen LogP contribution in [0.2, 0.25) is 0 Å². The first-order chi connectivity index (χ1) is 12.3. The van der Waals surface area contributed by atoms with Crippen molar-refractivity contribution in [1.29, 1.82) is 0 Å². The van der Waals surface area contributed by atoms with E-state index in [0.29, 0.717) is 18.9 Å². The number of fused-ring (bicyclic) bond motifs is 1. The fraction of sp³-hybridized carbons (Fsp3) is 0.353. The first-order valence-corrected chi connectivity index (χ1v) is 8.27. The second kappa shape index (κ2) is 6.94. The minimum absolute atomic E-state index is 0.0564. The van der Waals surface area contributed by atoms with Crippen molar-refractivity contribution in [3.8, 4) is 0 Å². The number of hydrogen-bond donors (Lipinski definition) is 0. The number of carbonyl (C=O) groups is 1. The van der Waals surface area contributed by atoms with Gasteiger partial charge in [-0.05, 0) is 36.6 Å². The van der Waals surface area contributed by atoms with Gasteiger partial charge >= 0.3 is 0 Å². The second-order valence-corrected chi connectivity index (χ2v) is 5.98. The van der Waals surface area contributed by atoms with Crippen LogP contribution in [0.1, 0.15) is 29.0 Å². The number of nitrogens with zero attached hydrogens (tertiary/aromatic N) is 6. The maximum atomic E-state index is 13.0. The molecule has 25 heavy (non-hydrogen) atoms. The summed E-state index contributed by atoms with van der Waals surface area (Å²) in [5.41, 5.74) is 1.00. The molecular weight excluding hydrogens is 320 g/mol. The molecule has 4 heterocycles. The fourth-order valence-electron chi connectivity index (χ4n) is 2.93. The molecule has 0 N–H and O–H groups in total. The Kier molecular flexibility index (Phi) is 4.34. The van der Waals surface area contributed by atoms with Crippen LogP contribution in [0.25, 0.3) is 5.78 Å². The largest absolute Gasteiger partial charge is 0.376 e. The van der Waals surface area contributed by atoms with Crippen LogP contribution in [-0.4, -0.2) is 54.6 Å². The van der Waals surface area contributed by atoms with Gasteiger partial charge in [0.1, 0.15) is 0 Å². The molecule has 1 aliphatic heterocycles. The van der Waals surface area contributed by atoms with Crippen molar-refractivity contribution < 1.29 is 9.53 Å². The normalized spacial score (nSPS) is 17.0.